The molecular formula is C19H24N2O3. The molecule has 2 fully saturated rings. The smallest absolute Gasteiger partial charge is 0.245 e. The van der Waals surface area contributed by atoms with Crippen LogP contribution < -0.4 is 10.9 Å². The molecule has 128 valence electrons. The van der Waals surface area contributed by atoms with Crippen LogP contribution >= 0.6 is 0 Å². The molecule has 2 aliphatic rings. The van der Waals surface area contributed by atoms with Gasteiger partial charge >= 0.3 is 0 Å². The minimum atomic E-state index is -0.723. The molecule has 3 rings (SSSR count). The Hall–Kier alpha value is -2.17. The zero-order valence-corrected chi connectivity index (χ0v) is 14.4. The molecule has 0 radical (unpaired) electrons. The van der Waals surface area contributed by atoms with Crippen LogP contribution in [0.3, 0.4) is 0 Å². The zero-order valence-electron chi connectivity index (χ0n) is 14.4. The number of fused-ring (bicyclic) bond motifs is 2. The van der Waals surface area contributed by atoms with Crippen molar-refractivity contribution in [3.05, 3.63) is 35.9 Å². The summed E-state index contributed by atoms with van der Waals surface area (Å²) in [4.78, 5) is 37.2. The summed E-state index contributed by atoms with van der Waals surface area (Å²) in [5, 5.41) is 0. The van der Waals surface area contributed by atoms with Crippen molar-refractivity contribution >= 4 is 17.6 Å². The van der Waals surface area contributed by atoms with Crippen molar-refractivity contribution in [2.24, 2.45) is 16.2 Å². The second kappa shape index (κ2) is 5.43. The summed E-state index contributed by atoms with van der Waals surface area (Å²) in [5.41, 5.74) is 4.37. The van der Waals surface area contributed by atoms with Crippen LogP contribution in [0.1, 0.15) is 45.6 Å². The molecule has 0 aliphatic heterocycles. The lowest BCUT2D eigenvalue weighted by atomic mass is 9.64. The minimum absolute atomic E-state index is 0.157. The van der Waals surface area contributed by atoms with E-state index in [1.54, 1.807) is 0 Å². The maximum atomic E-state index is 12.8. The van der Waals surface area contributed by atoms with Crippen molar-refractivity contribution in [3.63, 3.8) is 0 Å². The van der Waals surface area contributed by atoms with E-state index in [-0.39, 0.29) is 30.4 Å². The molecule has 0 saturated heterocycles. The van der Waals surface area contributed by atoms with Crippen molar-refractivity contribution in [3.8, 4) is 0 Å². The Morgan fingerprint density at radius 1 is 1.04 bits per heavy atom. The Bertz CT molecular complexity index is 698. The second-order valence-electron chi connectivity index (χ2n) is 7.80. The summed E-state index contributed by atoms with van der Waals surface area (Å²) in [6.07, 6.45) is 1.87. The van der Waals surface area contributed by atoms with Crippen molar-refractivity contribution in [1.82, 2.24) is 10.9 Å². The zero-order chi connectivity index (χ0) is 17.6. The SMILES string of the molecule is CC12CCC(C(=O)NNC(=O)Cc3ccccc3)(CC1=O)C2(C)C. The highest BCUT2D eigenvalue weighted by molar-refractivity contribution is 6.00. The number of hydrogen-bond acceptors (Lipinski definition) is 3. The highest BCUT2D eigenvalue weighted by Gasteiger charge is 2.72. The van der Waals surface area contributed by atoms with Crippen LogP contribution in [0.5, 0.6) is 0 Å². The van der Waals surface area contributed by atoms with Gasteiger partial charge in [-0.1, -0.05) is 51.1 Å². The van der Waals surface area contributed by atoms with Crippen LogP contribution in [0, 0.1) is 16.2 Å². The predicted molar refractivity (Wildman–Crippen MR) is 89.6 cm³/mol. The molecule has 0 aromatic heterocycles. The monoisotopic (exact) mass is 328 g/mol. The number of hydrazine groups is 1. The summed E-state index contributed by atoms with van der Waals surface area (Å²) >= 11 is 0. The Balaban J connectivity index is 1.66. The number of Topliss-reactive ketones (excluding diaryl/α,β-unsaturated/α-hetero) is 1. The van der Waals surface area contributed by atoms with Gasteiger partial charge in [0.1, 0.15) is 5.78 Å². The fourth-order valence-corrected chi connectivity index (χ4v) is 4.43. The van der Waals surface area contributed by atoms with Crippen molar-refractivity contribution in [1.29, 1.82) is 0 Å². The van der Waals surface area contributed by atoms with Gasteiger partial charge in [-0.2, -0.15) is 0 Å². The van der Waals surface area contributed by atoms with E-state index in [4.69, 9.17) is 0 Å². The molecule has 2 amide bonds. The van der Waals surface area contributed by atoms with Gasteiger partial charge in [-0.3, -0.25) is 25.2 Å². The van der Waals surface area contributed by atoms with Gasteiger partial charge in [0, 0.05) is 11.8 Å². The van der Waals surface area contributed by atoms with Gasteiger partial charge in [0.15, 0.2) is 0 Å². The van der Waals surface area contributed by atoms with E-state index in [0.717, 1.165) is 12.0 Å². The van der Waals surface area contributed by atoms with E-state index in [9.17, 15) is 14.4 Å². The molecule has 0 spiro atoms. The number of hydrogen-bond donors (Lipinski definition) is 2. The molecule has 2 unspecified atom stereocenters. The largest absolute Gasteiger partial charge is 0.299 e. The van der Waals surface area contributed by atoms with Crippen LogP contribution in [0.25, 0.3) is 0 Å². The summed E-state index contributed by atoms with van der Waals surface area (Å²) in [5.74, 6) is -0.359. The number of benzene rings is 1. The number of nitrogens with one attached hydrogen (secondary N) is 2. The van der Waals surface area contributed by atoms with Crippen molar-refractivity contribution in [2.75, 3.05) is 0 Å². The number of amides is 2. The van der Waals surface area contributed by atoms with Gasteiger partial charge in [0.2, 0.25) is 11.8 Å². The maximum absolute atomic E-state index is 12.8. The number of carbonyl (C=O) groups excluding carboxylic acids is 3. The lowest BCUT2D eigenvalue weighted by Gasteiger charge is -2.38. The molecule has 2 bridgehead atoms. The Morgan fingerprint density at radius 2 is 1.71 bits per heavy atom. The first-order chi connectivity index (χ1) is 11.2. The topological polar surface area (TPSA) is 75.3 Å². The van der Waals surface area contributed by atoms with Crippen molar-refractivity contribution in [2.45, 2.75) is 46.5 Å². The molecule has 5 nitrogen and oxygen atoms in total. The molecular weight excluding hydrogens is 304 g/mol. The molecule has 5 heteroatoms. The highest BCUT2D eigenvalue weighted by atomic mass is 16.2. The van der Waals surface area contributed by atoms with E-state index in [0.29, 0.717) is 6.42 Å². The van der Waals surface area contributed by atoms with Crippen LogP contribution in [-0.4, -0.2) is 17.6 Å². The van der Waals surface area contributed by atoms with Crippen molar-refractivity contribution < 1.29 is 14.4 Å². The van der Waals surface area contributed by atoms with E-state index in [2.05, 4.69) is 10.9 Å². The number of carbonyl (C=O) groups is 3. The molecule has 2 aliphatic carbocycles. The summed E-state index contributed by atoms with van der Waals surface area (Å²) in [6.45, 7) is 5.96. The predicted octanol–water partition coefficient (Wildman–Crippen LogP) is 2.16. The van der Waals surface area contributed by atoms with E-state index < -0.39 is 16.2 Å². The molecule has 2 saturated carbocycles. The first-order valence-electron chi connectivity index (χ1n) is 8.39. The normalized spacial score (nSPS) is 30.2. The fourth-order valence-electron chi connectivity index (χ4n) is 4.43. The van der Waals surface area contributed by atoms with Crippen LogP contribution in [0.2, 0.25) is 0 Å². The van der Waals surface area contributed by atoms with Gasteiger partial charge < -0.3 is 0 Å². The average Bonchev–Trinajstić information content (AvgIpc) is 2.84. The Kier molecular flexibility index (Phi) is 3.78. The van der Waals surface area contributed by atoms with Crippen LogP contribution in [-0.2, 0) is 20.8 Å². The molecule has 1 aromatic carbocycles. The lowest BCUT2D eigenvalue weighted by molar-refractivity contribution is -0.140. The summed E-state index contributed by atoms with van der Waals surface area (Å²) in [6, 6.07) is 9.35. The quantitative estimate of drug-likeness (QED) is 0.835. The van der Waals surface area contributed by atoms with Crippen LogP contribution in [0.15, 0.2) is 30.3 Å². The summed E-state index contributed by atoms with van der Waals surface area (Å²) < 4.78 is 0. The standard InChI is InChI=1S/C19H24N2O3/c1-17(2)18(3)9-10-19(17,12-14(18)22)16(24)21-20-15(23)11-13-7-5-4-6-8-13/h4-8H,9-12H2,1-3H3,(H,20,23)(H,21,24). The third-order valence-corrected chi connectivity index (χ3v) is 6.66. The third-order valence-electron chi connectivity index (χ3n) is 6.66. The third kappa shape index (κ3) is 2.18. The van der Waals surface area contributed by atoms with E-state index in [1.807, 2.05) is 51.1 Å². The molecule has 2 atom stereocenters. The first kappa shape index (κ1) is 16.7. The molecule has 0 heterocycles. The molecule has 2 N–H and O–H groups in total. The lowest BCUT2D eigenvalue weighted by Crippen LogP contribution is -2.52. The van der Waals surface area contributed by atoms with Gasteiger partial charge in [0.05, 0.1) is 11.8 Å². The van der Waals surface area contributed by atoms with Crippen LogP contribution in [0.4, 0.5) is 0 Å². The van der Waals surface area contributed by atoms with E-state index in [1.165, 1.54) is 0 Å². The average molecular weight is 328 g/mol. The minimum Gasteiger partial charge on any atom is -0.299 e. The maximum Gasteiger partial charge on any atom is 0.245 e. The number of ketones is 1. The molecule has 1 aromatic rings. The van der Waals surface area contributed by atoms with Gasteiger partial charge in [-0.05, 0) is 23.8 Å². The van der Waals surface area contributed by atoms with Gasteiger partial charge in [-0.25, -0.2) is 0 Å². The van der Waals surface area contributed by atoms with Gasteiger partial charge in [0.25, 0.3) is 0 Å². The molecule has 24 heavy (non-hydrogen) atoms. The summed E-state index contributed by atoms with van der Waals surface area (Å²) in [7, 11) is 0. The van der Waals surface area contributed by atoms with Gasteiger partial charge in [-0.15, -0.1) is 0 Å². The fraction of sp³-hybridized carbons (Fsp3) is 0.526. The highest BCUT2D eigenvalue weighted by Crippen LogP contribution is 2.70. The number of rotatable bonds is 3. The Labute approximate surface area is 142 Å². The van der Waals surface area contributed by atoms with E-state index >= 15 is 0 Å². The first-order valence-corrected chi connectivity index (χ1v) is 8.39. The Morgan fingerprint density at radius 3 is 2.25 bits per heavy atom. The second-order valence-corrected chi connectivity index (χ2v) is 7.80.